The fraction of sp³-hybridized carbons (Fsp3) is 0.120. The lowest BCUT2D eigenvalue weighted by molar-refractivity contribution is 0.951. The van der Waals surface area contributed by atoms with Gasteiger partial charge in [0, 0.05) is 16.2 Å². The van der Waals surface area contributed by atoms with Crippen LogP contribution < -0.4 is 0 Å². The Labute approximate surface area is 178 Å². The molecule has 0 bridgehead atoms. The molecule has 0 N–H and O–H groups in total. The Morgan fingerprint density at radius 2 is 1.83 bits per heavy atom. The summed E-state index contributed by atoms with van der Waals surface area (Å²) in [5.41, 5.74) is 8.00. The van der Waals surface area contributed by atoms with Gasteiger partial charge in [0.2, 0.25) is 0 Å². The zero-order valence-corrected chi connectivity index (χ0v) is 17.3. The second-order valence-corrected chi connectivity index (χ2v) is 9.25. The van der Waals surface area contributed by atoms with Crippen LogP contribution in [0.25, 0.3) is 22.4 Å². The van der Waals surface area contributed by atoms with E-state index in [0.29, 0.717) is 5.56 Å². The van der Waals surface area contributed by atoms with Crippen LogP contribution in [0.15, 0.2) is 71.1 Å². The van der Waals surface area contributed by atoms with Crippen molar-refractivity contribution in [2.45, 2.75) is 22.9 Å². The number of fused-ring (bicyclic) bond motifs is 3. The second kappa shape index (κ2) is 7.87. The van der Waals surface area contributed by atoms with Crippen molar-refractivity contribution in [3.05, 3.63) is 94.4 Å². The molecule has 0 amide bonds. The summed E-state index contributed by atoms with van der Waals surface area (Å²) < 4.78 is 1.13. The Hall–Kier alpha value is -2.87. The molecule has 0 saturated heterocycles. The molecule has 1 aromatic heterocycles. The van der Waals surface area contributed by atoms with Gasteiger partial charge >= 0.3 is 0 Å². The first kappa shape index (κ1) is 18.2. The molecule has 1 aliphatic rings. The van der Waals surface area contributed by atoms with E-state index in [0.717, 1.165) is 34.2 Å². The molecule has 29 heavy (non-hydrogen) atoms. The molecule has 0 spiro atoms. The number of nitrogens with zero attached hydrogens (tertiary/aromatic N) is 2. The van der Waals surface area contributed by atoms with Crippen molar-refractivity contribution in [2.24, 2.45) is 0 Å². The predicted octanol–water partition coefficient (Wildman–Crippen LogP) is 6.54. The van der Waals surface area contributed by atoms with E-state index < -0.39 is 0 Å². The van der Waals surface area contributed by atoms with Crippen molar-refractivity contribution in [1.29, 1.82) is 5.26 Å². The molecular weight excluding hydrogens is 392 g/mol. The van der Waals surface area contributed by atoms with Crippen LogP contribution in [-0.2, 0) is 18.6 Å². The first-order chi connectivity index (χ1) is 14.3. The summed E-state index contributed by atoms with van der Waals surface area (Å²) in [5.74, 6) is 0.871. The van der Waals surface area contributed by atoms with Crippen molar-refractivity contribution >= 4 is 23.1 Å². The van der Waals surface area contributed by atoms with Gasteiger partial charge < -0.3 is 0 Å². The van der Waals surface area contributed by atoms with Gasteiger partial charge in [-0.05, 0) is 53.3 Å². The largest absolute Gasteiger partial charge is 0.229 e. The SMILES string of the molecule is N#Cc1ccc(-c2ccccc2CSc2nc3c(s2)CCc2[c]cccc2-3)cc1. The van der Waals surface area contributed by atoms with Gasteiger partial charge in [-0.1, -0.05) is 66.4 Å². The third kappa shape index (κ3) is 3.60. The molecule has 139 valence electrons. The van der Waals surface area contributed by atoms with Gasteiger partial charge in [0.25, 0.3) is 0 Å². The first-order valence-corrected chi connectivity index (χ1v) is 11.3. The summed E-state index contributed by atoms with van der Waals surface area (Å²) >= 11 is 3.63. The molecular formula is C25H17N2S2. The molecule has 4 heteroatoms. The number of benzene rings is 3. The summed E-state index contributed by atoms with van der Waals surface area (Å²) in [7, 11) is 0. The molecule has 0 atom stereocenters. The molecule has 1 aliphatic carbocycles. The van der Waals surface area contributed by atoms with Crippen LogP contribution in [0.2, 0.25) is 0 Å². The maximum Gasteiger partial charge on any atom is 0.151 e. The predicted molar refractivity (Wildman–Crippen MR) is 120 cm³/mol. The summed E-state index contributed by atoms with van der Waals surface area (Å²) in [6, 6.07) is 28.0. The second-order valence-electron chi connectivity index (χ2n) is 6.95. The number of rotatable bonds is 4. The highest BCUT2D eigenvalue weighted by atomic mass is 32.2. The topological polar surface area (TPSA) is 36.7 Å². The fourth-order valence-corrected chi connectivity index (χ4v) is 5.91. The quantitative estimate of drug-likeness (QED) is 0.359. The van der Waals surface area contributed by atoms with Gasteiger partial charge in [0.1, 0.15) is 0 Å². The monoisotopic (exact) mass is 409 g/mol. The third-order valence-corrected chi connectivity index (χ3v) is 7.48. The van der Waals surface area contributed by atoms with Crippen molar-refractivity contribution < 1.29 is 0 Å². The lowest BCUT2D eigenvalue weighted by Gasteiger charge is -2.13. The maximum atomic E-state index is 9.03. The minimum Gasteiger partial charge on any atom is -0.229 e. The van der Waals surface area contributed by atoms with Gasteiger partial charge in [-0.2, -0.15) is 5.26 Å². The van der Waals surface area contributed by atoms with E-state index in [2.05, 4.69) is 42.5 Å². The van der Waals surface area contributed by atoms with E-state index in [9.17, 15) is 0 Å². The zero-order valence-electron chi connectivity index (χ0n) is 15.7. The Morgan fingerprint density at radius 1 is 1.00 bits per heavy atom. The van der Waals surface area contributed by atoms with E-state index in [1.165, 1.54) is 27.1 Å². The number of hydrogen-bond donors (Lipinski definition) is 0. The van der Waals surface area contributed by atoms with E-state index in [1.54, 1.807) is 11.8 Å². The average Bonchev–Trinajstić information content (AvgIpc) is 3.22. The Bertz CT molecular complexity index is 1220. The fourth-order valence-electron chi connectivity index (χ4n) is 3.70. The minimum absolute atomic E-state index is 0.687. The van der Waals surface area contributed by atoms with Crippen molar-refractivity contribution in [3.8, 4) is 28.5 Å². The maximum absolute atomic E-state index is 9.03. The summed E-state index contributed by atoms with van der Waals surface area (Å²) in [6.07, 6.45) is 2.11. The molecule has 5 rings (SSSR count). The summed E-state index contributed by atoms with van der Waals surface area (Å²) in [5, 5.41) is 9.03. The van der Waals surface area contributed by atoms with Crippen LogP contribution in [0.1, 0.15) is 21.6 Å². The summed E-state index contributed by atoms with van der Waals surface area (Å²) in [4.78, 5) is 6.35. The number of aromatic nitrogens is 1. The zero-order chi connectivity index (χ0) is 19.6. The smallest absolute Gasteiger partial charge is 0.151 e. The molecule has 0 aliphatic heterocycles. The van der Waals surface area contributed by atoms with Crippen molar-refractivity contribution in [2.75, 3.05) is 0 Å². The molecule has 1 radical (unpaired) electrons. The van der Waals surface area contributed by atoms with Crippen LogP contribution in [0.5, 0.6) is 0 Å². The number of thiazole rings is 1. The highest BCUT2D eigenvalue weighted by Gasteiger charge is 2.20. The normalized spacial score (nSPS) is 12.1. The lowest BCUT2D eigenvalue weighted by Crippen LogP contribution is -2.01. The number of thioether (sulfide) groups is 1. The first-order valence-electron chi connectivity index (χ1n) is 9.53. The van der Waals surface area contributed by atoms with E-state index in [4.69, 9.17) is 10.2 Å². The highest BCUT2D eigenvalue weighted by Crippen LogP contribution is 2.40. The molecule has 3 aromatic carbocycles. The van der Waals surface area contributed by atoms with Gasteiger partial charge in [-0.15, -0.1) is 11.3 Å². The van der Waals surface area contributed by atoms with Gasteiger partial charge in [0.05, 0.1) is 17.3 Å². The Morgan fingerprint density at radius 3 is 2.69 bits per heavy atom. The van der Waals surface area contributed by atoms with Gasteiger partial charge in [0.15, 0.2) is 4.34 Å². The number of aryl methyl sites for hydroxylation is 2. The number of hydrogen-bond acceptors (Lipinski definition) is 4. The molecule has 0 unspecified atom stereocenters. The highest BCUT2D eigenvalue weighted by molar-refractivity contribution is 8.00. The van der Waals surface area contributed by atoms with Crippen LogP contribution >= 0.6 is 23.1 Å². The van der Waals surface area contributed by atoms with Crippen LogP contribution in [-0.4, -0.2) is 4.98 Å². The summed E-state index contributed by atoms with van der Waals surface area (Å²) in [6.45, 7) is 0. The van der Waals surface area contributed by atoms with Crippen LogP contribution in [0.4, 0.5) is 0 Å². The molecule has 2 nitrogen and oxygen atoms in total. The van der Waals surface area contributed by atoms with Crippen LogP contribution in [0, 0.1) is 17.4 Å². The molecule has 0 saturated carbocycles. The lowest BCUT2D eigenvalue weighted by atomic mass is 9.94. The van der Waals surface area contributed by atoms with Gasteiger partial charge in [-0.3, -0.25) is 0 Å². The molecule has 1 heterocycles. The Balaban J connectivity index is 1.39. The standard InChI is InChI=1S/C25H17N2S2/c26-15-17-9-11-19(12-10-17)21-7-3-2-6-20(21)16-28-25-27-24-22-8-4-1-5-18(22)13-14-23(24)29-25/h1-4,6-12H,13-14,16H2. The van der Waals surface area contributed by atoms with E-state index in [1.807, 2.05) is 47.7 Å². The number of nitriles is 1. The molecule has 0 fully saturated rings. The minimum atomic E-state index is 0.687. The van der Waals surface area contributed by atoms with Crippen LogP contribution in [0.3, 0.4) is 0 Å². The van der Waals surface area contributed by atoms with Crippen molar-refractivity contribution in [3.63, 3.8) is 0 Å². The molecule has 4 aromatic rings. The van der Waals surface area contributed by atoms with Crippen molar-refractivity contribution in [1.82, 2.24) is 4.98 Å². The Kier molecular flexibility index (Phi) is 4.93. The van der Waals surface area contributed by atoms with E-state index in [-0.39, 0.29) is 0 Å². The average molecular weight is 410 g/mol. The third-order valence-electron chi connectivity index (χ3n) is 5.17. The van der Waals surface area contributed by atoms with Gasteiger partial charge in [-0.25, -0.2) is 4.98 Å². The van der Waals surface area contributed by atoms with E-state index >= 15 is 0 Å².